The van der Waals surface area contributed by atoms with E-state index in [9.17, 15) is 9.59 Å². The molecule has 2 heterocycles. The minimum absolute atomic E-state index is 0.0253. The van der Waals surface area contributed by atoms with Crippen LogP contribution in [0, 0.1) is 6.92 Å². The number of aromatic amines is 1. The third-order valence-corrected chi connectivity index (χ3v) is 3.22. The van der Waals surface area contributed by atoms with Gasteiger partial charge in [0.15, 0.2) is 6.61 Å². The summed E-state index contributed by atoms with van der Waals surface area (Å²) < 4.78 is 5.39. The van der Waals surface area contributed by atoms with Crippen molar-refractivity contribution in [2.24, 2.45) is 0 Å². The molecule has 0 radical (unpaired) electrons. The molecular formula is C13H14N6O3. The first-order valence-corrected chi connectivity index (χ1v) is 6.70. The maximum absolute atomic E-state index is 12.0. The van der Waals surface area contributed by atoms with E-state index in [4.69, 9.17) is 4.74 Å². The molecule has 0 spiro atoms. The maximum Gasteiger partial charge on any atom is 0.269 e. The molecule has 1 aliphatic heterocycles. The lowest BCUT2D eigenvalue weighted by Crippen LogP contribution is -2.40. The second-order valence-electron chi connectivity index (χ2n) is 4.84. The van der Waals surface area contributed by atoms with Gasteiger partial charge in [0, 0.05) is 13.0 Å². The smallest absolute Gasteiger partial charge is 0.269 e. The Bertz CT molecular complexity index is 700. The molecule has 2 amide bonds. The molecule has 0 atom stereocenters. The highest BCUT2D eigenvalue weighted by Gasteiger charge is 2.25. The molecule has 0 bridgehead atoms. The van der Waals surface area contributed by atoms with E-state index in [0.717, 1.165) is 5.56 Å². The highest BCUT2D eigenvalue weighted by molar-refractivity contribution is 5.99. The van der Waals surface area contributed by atoms with Gasteiger partial charge in [-0.15, -0.1) is 5.10 Å². The molecular weight excluding hydrogens is 288 g/mol. The summed E-state index contributed by atoms with van der Waals surface area (Å²) >= 11 is 0. The molecule has 0 aliphatic carbocycles. The van der Waals surface area contributed by atoms with Gasteiger partial charge in [0.05, 0.1) is 5.69 Å². The van der Waals surface area contributed by atoms with E-state index in [2.05, 4.69) is 25.9 Å². The fourth-order valence-electron chi connectivity index (χ4n) is 2.17. The molecule has 114 valence electrons. The number of anilines is 2. The second kappa shape index (κ2) is 5.80. The number of ether oxygens (including phenoxy) is 1. The number of benzene rings is 1. The average molecular weight is 302 g/mol. The number of rotatable bonds is 4. The molecule has 2 aromatic rings. The number of aryl methyl sites for hydroxylation is 1. The van der Waals surface area contributed by atoms with Crippen LogP contribution < -0.4 is 15.0 Å². The zero-order chi connectivity index (χ0) is 15.5. The van der Waals surface area contributed by atoms with Gasteiger partial charge in [0.2, 0.25) is 5.91 Å². The van der Waals surface area contributed by atoms with Crippen molar-refractivity contribution in [3.05, 3.63) is 23.8 Å². The van der Waals surface area contributed by atoms with Gasteiger partial charge in [0.1, 0.15) is 5.75 Å². The van der Waals surface area contributed by atoms with E-state index in [-0.39, 0.29) is 37.3 Å². The summed E-state index contributed by atoms with van der Waals surface area (Å²) in [6.45, 7) is 2.16. The summed E-state index contributed by atoms with van der Waals surface area (Å²) in [6.07, 6.45) is 0.119. The van der Waals surface area contributed by atoms with Gasteiger partial charge in [-0.05, 0) is 29.8 Å². The van der Waals surface area contributed by atoms with Gasteiger partial charge in [-0.25, -0.2) is 0 Å². The van der Waals surface area contributed by atoms with Crippen LogP contribution in [0.2, 0.25) is 0 Å². The topological polar surface area (TPSA) is 113 Å². The summed E-state index contributed by atoms with van der Waals surface area (Å²) in [5, 5.41) is 15.3. The van der Waals surface area contributed by atoms with Gasteiger partial charge in [-0.2, -0.15) is 5.21 Å². The van der Waals surface area contributed by atoms with Gasteiger partial charge >= 0.3 is 0 Å². The van der Waals surface area contributed by atoms with Crippen molar-refractivity contribution in [2.75, 3.05) is 23.4 Å². The summed E-state index contributed by atoms with van der Waals surface area (Å²) in [6, 6.07) is 5.60. The van der Waals surface area contributed by atoms with Crippen LogP contribution in [-0.2, 0) is 9.59 Å². The molecule has 9 nitrogen and oxygen atoms in total. The third kappa shape index (κ3) is 2.87. The highest BCUT2D eigenvalue weighted by Crippen LogP contribution is 2.32. The third-order valence-electron chi connectivity index (χ3n) is 3.22. The number of fused-ring (bicyclic) bond motifs is 1. The molecule has 2 N–H and O–H groups in total. The van der Waals surface area contributed by atoms with Crippen molar-refractivity contribution in [2.45, 2.75) is 13.3 Å². The van der Waals surface area contributed by atoms with Crippen LogP contribution in [0.15, 0.2) is 18.2 Å². The number of aromatic nitrogens is 4. The Balaban J connectivity index is 1.68. The van der Waals surface area contributed by atoms with E-state index in [1.807, 2.05) is 25.1 Å². The average Bonchev–Trinajstić information content (AvgIpc) is 2.99. The number of amides is 2. The van der Waals surface area contributed by atoms with Crippen molar-refractivity contribution in [3.63, 3.8) is 0 Å². The molecule has 0 fully saturated rings. The lowest BCUT2D eigenvalue weighted by atomic mass is 10.1. The first kappa shape index (κ1) is 14.0. The Hall–Kier alpha value is -2.97. The van der Waals surface area contributed by atoms with Crippen molar-refractivity contribution < 1.29 is 14.3 Å². The molecule has 0 saturated carbocycles. The van der Waals surface area contributed by atoms with Crippen LogP contribution in [0.5, 0.6) is 5.75 Å². The van der Waals surface area contributed by atoms with E-state index < -0.39 is 0 Å². The second-order valence-corrected chi connectivity index (χ2v) is 4.84. The molecule has 3 rings (SSSR count). The van der Waals surface area contributed by atoms with Crippen LogP contribution in [0.25, 0.3) is 0 Å². The maximum atomic E-state index is 12.0. The number of H-pyrrole nitrogens is 1. The number of carbonyl (C=O) groups excluding carboxylic acids is 2. The minimum Gasteiger partial charge on any atom is -0.482 e. The number of carbonyl (C=O) groups is 2. The zero-order valence-electron chi connectivity index (χ0n) is 11.9. The van der Waals surface area contributed by atoms with Crippen molar-refractivity contribution in [3.8, 4) is 5.75 Å². The van der Waals surface area contributed by atoms with Gasteiger partial charge in [-0.1, -0.05) is 11.2 Å². The lowest BCUT2D eigenvalue weighted by molar-refractivity contribution is -0.121. The fraction of sp³-hybridized carbons (Fsp3) is 0.308. The van der Waals surface area contributed by atoms with Crippen LogP contribution in [0.3, 0.4) is 0 Å². The van der Waals surface area contributed by atoms with Gasteiger partial charge < -0.3 is 9.64 Å². The number of tetrazole rings is 1. The van der Waals surface area contributed by atoms with Crippen LogP contribution in [0.1, 0.15) is 12.0 Å². The lowest BCUT2D eigenvalue weighted by Gasteiger charge is -2.29. The SMILES string of the molecule is Cc1ccc2c(c1)N(CCC(=O)Nc1nn[nH]n1)C(=O)CO2. The number of hydrogen-bond acceptors (Lipinski definition) is 6. The Morgan fingerprint density at radius 2 is 2.36 bits per heavy atom. The summed E-state index contributed by atoms with van der Waals surface area (Å²) in [5.74, 6) is 0.277. The largest absolute Gasteiger partial charge is 0.482 e. The zero-order valence-corrected chi connectivity index (χ0v) is 11.9. The van der Waals surface area contributed by atoms with Crippen molar-refractivity contribution >= 4 is 23.5 Å². The first-order valence-electron chi connectivity index (χ1n) is 6.70. The highest BCUT2D eigenvalue weighted by atomic mass is 16.5. The van der Waals surface area contributed by atoms with E-state index in [1.54, 1.807) is 4.90 Å². The Labute approximate surface area is 125 Å². The first-order chi connectivity index (χ1) is 10.6. The van der Waals surface area contributed by atoms with Crippen LogP contribution in [-0.4, -0.2) is 45.6 Å². The number of nitrogens with zero attached hydrogens (tertiary/aromatic N) is 4. The molecule has 1 aliphatic rings. The predicted octanol–water partition coefficient (Wildman–Crippen LogP) is 0.262. The standard InChI is InChI=1S/C13H14N6O3/c1-8-2-3-10-9(6-8)19(12(21)7-22-10)5-4-11(20)14-13-15-17-18-16-13/h2-3,6H,4-5,7H2,1H3,(H2,14,15,16,17,18,20). The number of hydrogen-bond donors (Lipinski definition) is 2. The minimum atomic E-state index is -0.296. The van der Waals surface area contributed by atoms with E-state index >= 15 is 0 Å². The molecule has 22 heavy (non-hydrogen) atoms. The normalized spacial score (nSPS) is 13.5. The Morgan fingerprint density at radius 1 is 1.50 bits per heavy atom. The fourth-order valence-corrected chi connectivity index (χ4v) is 2.17. The molecule has 1 aromatic heterocycles. The summed E-state index contributed by atoms with van der Waals surface area (Å²) in [4.78, 5) is 25.4. The van der Waals surface area contributed by atoms with Gasteiger partial charge in [0.25, 0.3) is 11.9 Å². The molecule has 0 saturated heterocycles. The Kier molecular flexibility index (Phi) is 3.69. The van der Waals surface area contributed by atoms with E-state index in [1.165, 1.54) is 0 Å². The van der Waals surface area contributed by atoms with Gasteiger partial charge in [-0.3, -0.25) is 14.9 Å². The quantitative estimate of drug-likeness (QED) is 0.837. The monoisotopic (exact) mass is 302 g/mol. The summed E-state index contributed by atoms with van der Waals surface area (Å²) in [7, 11) is 0. The molecule has 9 heteroatoms. The molecule has 1 aromatic carbocycles. The van der Waals surface area contributed by atoms with E-state index in [0.29, 0.717) is 11.4 Å². The predicted molar refractivity (Wildman–Crippen MR) is 76.5 cm³/mol. The molecule has 0 unspecified atom stereocenters. The number of nitrogens with one attached hydrogen (secondary N) is 2. The van der Waals surface area contributed by atoms with Crippen molar-refractivity contribution in [1.82, 2.24) is 20.6 Å². The summed E-state index contributed by atoms with van der Waals surface area (Å²) in [5.41, 5.74) is 1.70. The van der Waals surface area contributed by atoms with Crippen molar-refractivity contribution in [1.29, 1.82) is 0 Å². The Morgan fingerprint density at radius 3 is 3.14 bits per heavy atom. The van der Waals surface area contributed by atoms with Crippen LogP contribution >= 0.6 is 0 Å². The van der Waals surface area contributed by atoms with Crippen LogP contribution in [0.4, 0.5) is 11.6 Å².